The summed E-state index contributed by atoms with van der Waals surface area (Å²) in [6.07, 6.45) is -0.322. The number of carbonyl (C=O) groups is 1. The van der Waals surface area contributed by atoms with E-state index in [2.05, 4.69) is 24.9 Å². The molecule has 0 N–H and O–H groups in total. The molecule has 3 heterocycles. The lowest BCUT2D eigenvalue weighted by Crippen LogP contribution is -2.46. The van der Waals surface area contributed by atoms with Gasteiger partial charge in [0.1, 0.15) is 30.8 Å². The molecule has 1 amide bonds. The molecule has 1 saturated carbocycles. The third kappa shape index (κ3) is 3.91. The summed E-state index contributed by atoms with van der Waals surface area (Å²) in [5, 5.41) is 10.8. The van der Waals surface area contributed by atoms with E-state index in [1.807, 2.05) is 4.57 Å². The van der Waals surface area contributed by atoms with Gasteiger partial charge >= 0.3 is 12.1 Å². The number of halogens is 4. The molecule has 1 aliphatic heterocycles. The highest BCUT2D eigenvalue weighted by Gasteiger charge is 2.41. The van der Waals surface area contributed by atoms with Gasteiger partial charge in [0.25, 0.3) is 0 Å². The number of rotatable bonds is 3. The number of aromatic nitrogens is 5. The zero-order chi connectivity index (χ0) is 23.3. The predicted molar refractivity (Wildman–Crippen MR) is 102 cm³/mol. The Bertz CT molecular complexity index is 1170. The maximum absolute atomic E-state index is 15.0. The van der Waals surface area contributed by atoms with Crippen LogP contribution in [0.1, 0.15) is 37.3 Å². The van der Waals surface area contributed by atoms with Crippen LogP contribution in [-0.4, -0.2) is 48.4 Å². The fraction of sp³-hybridized carbons (Fsp3) is 0.450. The number of nitrogens with zero attached hydrogens (tertiary/aromatic N) is 6. The largest absolute Gasteiger partial charge is 0.491 e. The van der Waals surface area contributed by atoms with E-state index >= 15 is 4.39 Å². The monoisotopic (exact) mass is 466 g/mol. The normalized spacial score (nSPS) is 22.8. The summed E-state index contributed by atoms with van der Waals surface area (Å²) in [6, 6.07) is 2.19. The van der Waals surface area contributed by atoms with Crippen molar-refractivity contribution in [1.82, 2.24) is 29.8 Å². The van der Waals surface area contributed by atoms with Crippen molar-refractivity contribution in [2.75, 3.05) is 6.61 Å². The zero-order valence-electron chi connectivity index (χ0n) is 17.3. The van der Waals surface area contributed by atoms with Gasteiger partial charge in [-0.05, 0) is 31.9 Å². The van der Waals surface area contributed by atoms with Crippen molar-refractivity contribution in [3.8, 4) is 17.1 Å². The first-order valence-electron chi connectivity index (χ1n) is 10.2. The third-order valence-corrected chi connectivity index (χ3v) is 6.03. The van der Waals surface area contributed by atoms with Crippen molar-refractivity contribution in [3.05, 3.63) is 42.1 Å². The van der Waals surface area contributed by atoms with Crippen LogP contribution in [0.25, 0.3) is 11.4 Å². The molecule has 0 unspecified atom stereocenters. The number of ether oxygens (including phenoxy) is 1. The van der Waals surface area contributed by atoms with Gasteiger partial charge in [-0.1, -0.05) is 5.16 Å². The fourth-order valence-corrected chi connectivity index (χ4v) is 4.06. The molecule has 1 aliphatic carbocycles. The maximum Gasteiger partial charge on any atom is 0.471 e. The quantitative estimate of drug-likeness (QED) is 0.547. The van der Waals surface area contributed by atoms with E-state index in [1.165, 1.54) is 6.07 Å². The summed E-state index contributed by atoms with van der Waals surface area (Å²) in [5.41, 5.74) is 0.124. The van der Waals surface area contributed by atoms with E-state index in [-0.39, 0.29) is 53.9 Å². The van der Waals surface area contributed by atoms with Gasteiger partial charge < -0.3 is 18.7 Å². The van der Waals surface area contributed by atoms with Gasteiger partial charge in [-0.3, -0.25) is 4.79 Å². The van der Waals surface area contributed by atoms with Crippen molar-refractivity contribution < 1.29 is 31.6 Å². The van der Waals surface area contributed by atoms with Crippen LogP contribution in [0.2, 0.25) is 0 Å². The van der Waals surface area contributed by atoms with Gasteiger partial charge in [-0.2, -0.15) is 18.2 Å². The molecule has 2 aliphatic rings. The Kier molecular flexibility index (Phi) is 5.05. The average Bonchev–Trinajstić information content (AvgIpc) is 3.39. The van der Waals surface area contributed by atoms with Crippen molar-refractivity contribution in [1.29, 1.82) is 0 Å². The third-order valence-electron chi connectivity index (χ3n) is 6.03. The topological polar surface area (TPSA) is 99.2 Å². The van der Waals surface area contributed by atoms with Gasteiger partial charge in [-0.15, -0.1) is 10.2 Å². The van der Waals surface area contributed by atoms with Crippen LogP contribution in [0.3, 0.4) is 0 Å². The highest BCUT2D eigenvalue weighted by molar-refractivity contribution is 5.80. The molecule has 1 atom stereocenters. The van der Waals surface area contributed by atoms with Crippen LogP contribution >= 0.6 is 0 Å². The van der Waals surface area contributed by atoms with Crippen LogP contribution < -0.4 is 4.74 Å². The van der Waals surface area contributed by atoms with Gasteiger partial charge in [0, 0.05) is 23.1 Å². The summed E-state index contributed by atoms with van der Waals surface area (Å²) >= 11 is 0. The van der Waals surface area contributed by atoms with Crippen molar-refractivity contribution in [2.45, 2.75) is 44.6 Å². The Balaban J connectivity index is 1.36. The summed E-state index contributed by atoms with van der Waals surface area (Å²) < 4.78 is 65.0. The van der Waals surface area contributed by atoms with Gasteiger partial charge in [0.2, 0.25) is 11.7 Å². The lowest BCUT2D eigenvalue weighted by molar-refractivity contribution is -0.159. The van der Waals surface area contributed by atoms with E-state index in [0.29, 0.717) is 12.8 Å². The van der Waals surface area contributed by atoms with E-state index in [9.17, 15) is 18.0 Å². The number of hydrogen-bond acceptors (Lipinski definition) is 7. The number of alkyl halides is 3. The molecule has 5 rings (SSSR count). The van der Waals surface area contributed by atoms with Crippen LogP contribution in [0, 0.1) is 11.7 Å². The standard InChI is InChI=1S/C20H18F4N6O3/c1-10-7-32-16-5-11(17-27-19(33-28-17)20(22,23)24)4-15(21)14(16)6-30(10)18(31)12-2-13(3-12)29-8-25-26-9-29/h4-5,8-10,12-13H,2-3,6-7H2,1H3/t10-,12?,13?/m0/s1. The number of amides is 1. The first-order chi connectivity index (χ1) is 15.7. The first kappa shape index (κ1) is 21.3. The van der Waals surface area contributed by atoms with Gasteiger partial charge in [-0.25, -0.2) is 4.39 Å². The van der Waals surface area contributed by atoms with Crippen molar-refractivity contribution in [2.24, 2.45) is 5.92 Å². The van der Waals surface area contributed by atoms with E-state index in [4.69, 9.17) is 4.74 Å². The Labute approximate surface area is 184 Å². The molecule has 33 heavy (non-hydrogen) atoms. The molecule has 0 spiro atoms. The summed E-state index contributed by atoms with van der Waals surface area (Å²) in [7, 11) is 0. The molecule has 1 aromatic carbocycles. The Morgan fingerprint density at radius 1 is 1.18 bits per heavy atom. The predicted octanol–water partition coefficient (Wildman–Crippen LogP) is 3.25. The lowest BCUT2D eigenvalue weighted by atomic mass is 9.79. The molecule has 174 valence electrons. The molecule has 3 aromatic rings. The van der Waals surface area contributed by atoms with E-state index in [1.54, 1.807) is 24.5 Å². The zero-order valence-corrected chi connectivity index (χ0v) is 17.3. The second-order valence-electron chi connectivity index (χ2n) is 8.21. The highest BCUT2D eigenvalue weighted by atomic mass is 19.4. The minimum absolute atomic E-state index is 0.0186. The minimum Gasteiger partial charge on any atom is -0.491 e. The van der Waals surface area contributed by atoms with Crippen LogP contribution in [0.4, 0.5) is 17.6 Å². The molecule has 0 radical (unpaired) electrons. The SMILES string of the molecule is C[C@H]1COc2cc(-c3noc(C(F)(F)F)n3)cc(F)c2CN1C(=O)C1CC(n2cnnc2)C1. The maximum atomic E-state index is 15.0. The first-order valence-corrected chi connectivity index (χ1v) is 10.2. The molecular formula is C20H18F4N6O3. The highest BCUT2D eigenvalue weighted by Crippen LogP contribution is 2.40. The lowest BCUT2D eigenvalue weighted by Gasteiger charge is -2.39. The smallest absolute Gasteiger partial charge is 0.471 e. The molecule has 2 aromatic heterocycles. The van der Waals surface area contributed by atoms with E-state index < -0.39 is 23.7 Å². The van der Waals surface area contributed by atoms with Crippen molar-refractivity contribution in [3.63, 3.8) is 0 Å². The molecular weight excluding hydrogens is 448 g/mol. The Morgan fingerprint density at radius 2 is 1.91 bits per heavy atom. The molecule has 13 heteroatoms. The van der Waals surface area contributed by atoms with Gasteiger partial charge in [0.15, 0.2) is 0 Å². The average molecular weight is 466 g/mol. The number of fused-ring (bicyclic) bond motifs is 1. The Hall–Kier alpha value is -3.51. The molecule has 0 saturated heterocycles. The molecule has 1 fully saturated rings. The second kappa shape index (κ2) is 7.81. The van der Waals surface area contributed by atoms with Crippen LogP contribution in [-0.2, 0) is 17.5 Å². The number of hydrogen-bond donors (Lipinski definition) is 0. The van der Waals surface area contributed by atoms with Crippen LogP contribution in [0.5, 0.6) is 5.75 Å². The fourth-order valence-electron chi connectivity index (χ4n) is 4.06. The van der Waals surface area contributed by atoms with E-state index in [0.717, 1.165) is 6.07 Å². The Morgan fingerprint density at radius 3 is 2.58 bits per heavy atom. The molecule has 0 bridgehead atoms. The van der Waals surface area contributed by atoms with Crippen molar-refractivity contribution >= 4 is 5.91 Å². The minimum atomic E-state index is -4.81. The summed E-state index contributed by atoms with van der Waals surface area (Å²) in [6.45, 7) is 1.88. The van der Waals surface area contributed by atoms with Gasteiger partial charge in [0.05, 0.1) is 12.6 Å². The number of benzene rings is 1. The summed E-state index contributed by atoms with van der Waals surface area (Å²) in [4.78, 5) is 18.0. The summed E-state index contributed by atoms with van der Waals surface area (Å²) in [5.74, 6) is -2.84. The van der Waals surface area contributed by atoms with Crippen LogP contribution in [0.15, 0.2) is 29.3 Å². The molecule has 9 nitrogen and oxygen atoms in total. The second-order valence-corrected chi connectivity index (χ2v) is 8.21. The number of carbonyl (C=O) groups excluding carboxylic acids is 1.